The number of rotatable bonds is 6. The molecule has 1 aromatic carbocycles. The van der Waals surface area contributed by atoms with Crippen molar-refractivity contribution in [3.8, 4) is 11.5 Å². The van der Waals surface area contributed by atoms with Gasteiger partial charge in [0.15, 0.2) is 11.5 Å². The van der Waals surface area contributed by atoms with Gasteiger partial charge in [-0.2, -0.15) is 0 Å². The van der Waals surface area contributed by atoms with E-state index in [4.69, 9.17) is 20.9 Å². The van der Waals surface area contributed by atoms with Crippen molar-refractivity contribution in [2.45, 2.75) is 26.8 Å². The molecule has 0 bridgehead atoms. The summed E-state index contributed by atoms with van der Waals surface area (Å²) in [4.78, 5) is 0. The molecule has 0 amide bonds. The fourth-order valence-corrected chi connectivity index (χ4v) is 2.42. The summed E-state index contributed by atoms with van der Waals surface area (Å²) in [5, 5.41) is 0. The number of aryl methyl sites for hydroxylation is 1. The lowest BCUT2D eigenvalue weighted by molar-refractivity contribution is 0.326. The van der Waals surface area contributed by atoms with E-state index in [1.165, 1.54) is 0 Å². The molecule has 2 atom stereocenters. The fourth-order valence-electron chi connectivity index (χ4n) is 2.42. The second-order valence-electron chi connectivity index (χ2n) is 5.23. The van der Waals surface area contributed by atoms with Crippen LogP contribution in [0, 0.1) is 18.8 Å². The molecule has 0 saturated heterocycles. The molecule has 0 radical (unpaired) electrons. The maximum Gasteiger partial charge on any atom is 0.161 e. The lowest BCUT2D eigenvalue weighted by Crippen LogP contribution is -2.32. The Bertz CT molecular complexity index is 419. The second-order valence-corrected chi connectivity index (χ2v) is 5.23. The van der Waals surface area contributed by atoms with Crippen molar-refractivity contribution in [3.63, 3.8) is 0 Å². The van der Waals surface area contributed by atoms with Gasteiger partial charge in [0.05, 0.1) is 14.2 Å². The Hall–Kier alpha value is -1.26. The van der Waals surface area contributed by atoms with Gasteiger partial charge in [0.1, 0.15) is 0 Å². The highest BCUT2D eigenvalue weighted by molar-refractivity contribution is 5.48. The Morgan fingerprint density at radius 2 is 1.63 bits per heavy atom. The molecule has 0 aliphatic rings. The van der Waals surface area contributed by atoms with Crippen molar-refractivity contribution in [3.05, 3.63) is 23.3 Å². The third-order valence-electron chi connectivity index (χ3n) is 3.72. The minimum absolute atomic E-state index is 0.0928. The molecule has 0 fully saturated rings. The van der Waals surface area contributed by atoms with E-state index >= 15 is 0 Å². The average molecular weight is 266 g/mol. The summed E-state index contributed by atoms with van der Waals surface area (Å²) in [7, 11) is 3.26. The Labute approximate surface area is 116 Å². The van der Waals surface area contributed by atoms with Crippen molar-refractivity contribution < 1.29 is 9.47 Å². The van der Waals surface area contributed by atoms with E-state index < -0.39 is 0 Å². The van der Waals surface area contributed by atoms with Gasteiger partial charge in [-0.15, -0.1) is 0 Å². The Morgan fingerprint density at radius 1 is 1.11 bits per heavy atom. The number of hydrogen-bond acceptors (Lipinski definition) is 4. The van der Waals surface area contributed by atoms with Gasteiger partial charge in [-0.05, 0) is 48.6 Å². The van der Waals surface area contributed by atoms with Gasteiger partial charge in [0.25, 0.3) is 0 Å². The highest BCUT2D eigenvalue weighted by Crippen LogP contribution is 2.35. The molecule has 19 heavy (non-hydrogen) atoms. The fraction of sp³-hybridized carbons (Fsp3) is 0.600. The molecule has 108 valence electrons. The van der Waals surface area contributed by atoms with Crippen LogP contribution in [0.3, 0.4) is 0 Å². The first-order valence-electron chi connectivity index (χ1n) is 6.64. The quantitative estimate of drug-likeness (QED) is 0.828. The molecule has 1 aromatic rings. The lowest BCUT2D eigenvalue weighted by atomic mass is 9.83. The van der Waals surface area contributed by atoms with E-state index in [1.807, 2.05) is 19.1 Å². The number of ether oxygens (including phenoxy) is 2. The minimum atomic E-state index is -0.0928. The van der Waals surface area contributed by atoms with Crippen LogP contribution in [-0.4, -0.2) is 20.8 Å². The third-order valence-corrected chi connectivity index (χ3v) is 3.72. The number of hydrogen-bond donors (Lipinski definition) is 2. The summed E-state index contributed by atoms with van der Waals surface area (Å²) >= 11 is 0. The maximum absolute atomic E-state index is 6.39. The van der Waals surface area contributed by atoms with E-state index in [1.54, 1.807) is 14.2 Å². The van der Waals surface area contributed by atoms with Crippen molar-refractivity contribution in [2.75, 3.05) is 20.8 Å². The van der Waals surface area contributed by atoms with Gasteiger partial charge in [-0.1, -0.05) is 13.8 Å². The van der Waals surface area contributed by atoms with Crippen LogP contribution in [0.5, 0.6) is 11.5 Å². The number of methoxy groups -OCH3 is 2. The number of nitrogens with two attached hydrogens (primary N) is 2. The highest BCUT2D eigenvalue weighted by Gasteiger charge is 2.24. The van der Waals surface area contributed by atoms with Crippen LogP contribution in [0.4, 0.5) is 0 Å². The standard InChI is InChI=1S/C15H26N2O2/c1-9(2)12(8-16)15(17)11-7-14(19-5)13(18-4)6-10(11)3/h6-7,9,12,15H,8,16-17H2,1-5H3. The predicted molar refractivity (Wildman–Crippen MR) is 78.6 cm³/mol. The van der Waals surface area contributed by atoms with E-state index in [2.05, 4.69) is 13.8 Å². The summed E-state index contributed by atoms with van der Waals surface area (Å²) in [5.41, 5.74) is 14.4. The van der Waals surface area contributed by atoms with Gasteiger partial charge >= 0.3 is 0 Å². The molecule has 0 spiro atoms. The summed E-state index contributed by atoms with van der Waals surface area (Å²) in [5.74, 6) is 2.12. The topological polar surface area (TPSA) is 70.5 Å². The van der Waals surface area contributed by atoms with Crippen LogP contribution in [0.25, 0.3) is 0 Å². The molecule has 4 N–H and O–H groups in total. The van der Waals surface area contributed by atoms with Gasteiger partial charge in [0.2, 0.25) is 0 Å². The van der Waals surface area contributed by atoms with E-state index in [9.17, 15) is 0 Å². The molecule has 0 saturated carbocycles. The first-order chi connectivity index (χ1) is 8.96. The molecule has 1 rings (SSSR count). The van der Waals surface area contributed by atoms with Crippen molar-refractivity contribution in [1.29, 1.82) is 0 Å². The summed E-state index contributed by atoms with van der Waals surface area (Å²) in [6.07, 6.45) is 0. The zero-order valence-corrected chi connectivity index (χ0v) is 12.6. The first-order valence-corrected chi connectivity index (χ1v) is 6.64. The zero-order chi connectivity index (χ0) is 14.6. The molecular formula is C15H26N2O2. The number of benzene rings is 1. The van der Waals surface area contributed by atoms with Crippen LogP contribution in [0.2, 0.25) is 0 Å². The SMILES string of the molecule is COc1cc(C)c(C(N)C(CN)C(C)C)cc1OC. The summed E-state index contributed by atoms with van der Waals surface area (Å²) in [6, 6.07) is 3.83. The Kier molecular flexibility index (Phi) is 5.63. The van der Waals surface area contributed by atoms with Gasteiger partial charge in [-0.25, -0.2) is 0 Å². The van der Waals surface area contributed by atoms with Crippen LogP contribution in [0.1, 0.15) is 31.0 Å². The molecule has 4 heteroatoms. The van der Waals surface area contributed by atoms with Crippen molar-refractivity contribution >= 4 is 0 Å². The third kappa shape index (κ3) is 3.39. The van der Waals surface area contributed by atoms with Gasteiger partial charge in [0, 0.05) is 6.04 Å². The zero-order valence-electron chi connectivity index (χ0n) is 12.6. The highest BCUT2D eigenvalue weighted by atomic mass is 16.5. The summed E-state index contributed by atoms with van der Waals surface area (Å²) < 4.78 is 10.6. The largest absolute Gasteiger partial charge is 0.493 e. The monoisotopic (exact) mass is 266 g/mol. The minimum Gasteiger partial charge on any atom is -0.493 e. The van der Waals surface area contributed by atoms with E-state index in [0.29, 0.717) is 18.2 Å². The maximum atomic E-state index is 6.39. The molecule has 4 nitrogen and oxygen atoms in total. The average Bonchev–Trinajstić information content (AvgIpc) is 2.38. The first kappa shape index (κ1) is 15.8. The Morgan fingerprint density at radius 3 is 2.05 bits per heavy atom. The Balaban J connectivity index is 3.19. The van der Waals surface area contributed by atoms with Crippen molar-refractivity contribution in [1.82, 2.24) is 0 Å². The molecule has 0 aromatic heterocycles. The smallest absolute Gasteiger partial charge is 0.161 e. The van der Waals surface area contributed by atoms with Crippen molar-refractivity contribution in [2.24, 2.45) is 23.3 Å². The van der Waals surface area contributed by atoms with Gasteiger partial charge in [-0.3, -0.25) is 0 Å². The van der Waals surface area contributed by atoms with E-state index in [-0.39, 0.29) is 12.0 Å². The molecule has 0 aliphatic heterocycles. The van der Waals surface area contributed by atoms with Crippen LogP contribution in [-0.2, 0) is 0 Å². The molecule has 2 unspecified atom stereocenters. The van der Waals surface area contributed by atoms with E-state index in [0.717, 1.165) is 16.9 Å². The second kappa shape index (κ2) is 6.78. The van der Waals surface area contributed by atoms with Crippen LogP contribution in [0.15, 0.2) is 12.1 Å². The summed E-state index contributed by atoms with van der Waals surface area (Å²) in [6.45, 7) is 6.90. The van der Waals surface area contributed by atoms with Crippen LogP contribution >= 0.6 is 0 Å². The normalized spacial score (nSPS) is 14.3. The molecular weight excluding hydrogens is 240 g/mol. The van der Waals surface area contributed by atoms with Crippen LogP contribution < -0.4 is 20.9 Å². The van der Waals surface area contributed by atoms with Gasteiger partial charge < -0.3 is 20.9 Å². The molecule has 0 aliphatic carbocycles. The lowest BCUT2D eigenvalue weighted by Gasteiger charge is -2.28. The molecule has 0 heterocycles. The predicted octanol–water partition coefficient (Wildman–Crippen LogP) is 2.24.